The fourth-order valence-corrected chi connectivity index (χ4v) is 5.08. The van der Waals surface area contributed by atoms with E-state index in [0.717, 1.165) is 16.7 Å². The van der Waals surface area contributed by atoms with Crippen molar-refractivity contribution in [1.82, 2.24) is 14.9 Å². The first-order valence-corrected chi connectivity index (χ1v) is 12.9. The first-order valence-electron chi connectivity index (χ1n) is 11.5. The van der Waals surface area contributed by atoms with E-state index < -0.39 is 10.0 Å². The lowest BCUT2D eigenvalue weighted by Crippen LogP contribution is -2.47. The van der Waals surface area contributed by atoms with Crippen LogP contribution in [0.5, 0.6) is 5.75 Å². The molecule has 2 aromatic rings. The average molecular weight is 488 g/mol. The number of carbonyl (C=O) groups excluding carboxylic acids is 2. The quantitative estimate of drug-likeness (QED) is 0.565. The number of benzene rings is 2. The van der Waals surface area contributed by atoms with E-state index in [1.807, 2.05) is 43.0 Å². The highest BCUT2D eigenvalue weighted by Crippen LogP contribution is 2.20. The van der Waals surface area contributed by atoms with Crippen LogP contribution < -0.4 is 14.8 Å². The van der Waals surface area contributed by atoms with Crippen molar-refractivity contribution in [1.29, 1.82) is 0 Å². The van der Waals surface area contributed by atoms with E-state index in [1.165, 1.54) is 0 Å². The predicted octanol–water partition coefficient (Wildman–Crippen LogP) is 2.33. The van der Waals surface area contributed by atoms with Crippen LogP contribution in [0.1, 0.15) is 36.0 Å². The zero-order chi connectivity index (χ0) is 24.7. The number of sulfonamides is 1. The van der Waals surface area contributed by atoms with Crippen molar-refractivity contribution in [3.8, 4) is 5.75 Å². The molecule has 0 bridgehead atoms. The Kier molecular flexibility index (Phi) is 8.68. The molecule has 1 aliphatic heterocycles. The molecule has 1 aliphatic rings. The Morgan fingerprint density at radius 2 is 1.76 bits per heavy atom. The molecule has 8 nitrogen and oxygen atoms in total. The number of likely N-dealkylation sites (tertiary alicyclic amines) is 1. The number of piperidine rings is 1. The highest BCUT2D eigenvalue weighted by atomic mass is 32.2. The number of nitrogens with one attached hydrogen (secondary N) is 2. The molecule has 0 saturated carbocycles. The fraction of sp³-hybridized carbons (Fsp3) is 0.440. The SMILES string of the molecule is COc1ccccc1CC(=O)N1CCC(NC(=O)CCNS(=O)(=O)c2ccc(C)c(C)c2)CC1. The maximum absolute atomic E-state index is 12.7. The van der Waals surface area contributed by atoms with Crippen LogP contribution in [0.4, 0.5) is 0 Å². The van der Waals surface area contributed by atoms with Gasteiger partial charge in [-0.25, -0.2) is 13.1 Å². The number of hydrogen-bond acceptors (Lipinski definition) is 5. The minimum absolute atomic E-state index is 0.0251. The average Bonchev–Trinajstić information content (AvgIpc) is 2.81. The van der Waals surface area contributed by atoms with Gasteiger partial charge in [-0.05, 0) is 56.0 Å². The Labute approximate surface area is 201 Å². The third-order valence-electron chi connectivity index (χ3n) is 6.18. The molecular formula is C25H33N3O5S. The zero-order valence-electron chi connectivity index (χ0n) is 20.0. The van der Waals surface area contributed by atoms with Crippen molar-refractivity contribution in [3.05, 3.63) is 59.2 Å². The van der Waals surface area contributed by atoms with Gasteiger partial charge in [0, 0.05) is 37.7 Å². The fourth-order valence-electron chi connectivity index (χ4n) is 3.96. The predicted molar refractivity (Wildman–Crippen MR) is 130 cm³/mol. The van der Waals surface area contributed by atoms with E-state index >= 15 is 0 Å². The van der Waals surface area contributed by atoms with Gasteiger partial charge in [-0.15, -0.1) is 0 Å². The minimum Gasteiger partial charge on any atom is -0.496 e. The van der Waals surface area contributed by atoms with Crippen molar-refractivity contribution in [3.63, 3.8) is 0 Å². The number of carbonyl (C=O) groups is 2. The van der Waals surface area contributed by atoms with Crippen molar-refractivity contribution in [2.75, 3.05) is 26.7 Å². The van der Waals surface area contributed by atoms with Crippen LogP contribution in [0.2, 0.25) is 0 Å². The van der Waals surface area contributed by atoms with Crippen LogP contribution in [-0.2, 0) is 26.0 Å². The van der Waals surface area contributed by atoms with Crippen LogP contribution >= 0.6 is 0 Å². The van der Waals surface area contributed by atoms with Crippen LogP contribution in [-0.4, -0.2) is 57.9 Å². The molecule has 0 aliphatic carbocycles. The molecule has 34 heavy (non-hydrogen) atoms. The molecule has 1 fully saturated rings. The van der Waals surface area contributed by atoms with E-state index in [4.69, 9.17) is 4.74 Å². The number of para-hydroxylation sites is 1. The summed E-state index contributed by atoms with van der Waals surface area (Å²) in [5.41, 5.74) is 2.77. The molecule has 2 amide bonds. The Morgan fingerprint density at radius 3 is 2.44 bits per heavy atom. The standard InChI is InChI=1S/C25H33N3O5S/c1-18-8-9-22(16-19(18)2)34(31,32)26-13-10-24(29)27-21-11-14-28(15-12-21)25(30)17-20-6-4-5-7-23(20)33-3/h4-9,16,21,26H,10-15,17H2,1-3H3,(H,27,29). The van der Waals surface area contributed by atoms with Gasteiger partial charge >= 0.3 is 0 Å². The topological polar surface area (TPSA) is 105 Å². The second-order valence-corrected chi connectivity index (χ2v) is 10.4. The monoisotopic (exact) mass is 487 g/mol. The summed E-state index contributed by atoms with van der Waals surface area (Å²) in [6.07, 6.45) is 1.66. The molecule has 1 saturated heterocycles. The molecule has 0 unspecified atom stereocenters. The van der Waals surface area contributed by atoms with Gasteiger partial charge in [0.15, 0.2) is 0 Å². The van der Waals surface area contributed by atoms with Crippen molar-refractivity contribution < 1.29 is 22.7 Å². The van der Waals surface area contributed by atoms with Gasteiger partial charge in [0.1, 0.15) is 5.75 Å². The molecule has 2 N–H and O–H groups in total. The van der Waals surface area contributed by atoms with Gasteiger partial charge in [0.25, 0.3) is 0 Å². The van der Waals surface area contributed by atoms with Gasteiger partial charge in [-0.1, -0.05) is 24.3 Å². The van der Waals surface area contributed by atoms with Crippen LogP contribution in [0.15, 0.2) is 47.4 Å². The molecule has 0 radical (unpaired) electrons. The van der Waals surface area contributed by atoms with Crippen molar-refractivity contribution in [2.24, 2.45) is 0 Å². The molecule has 2 aromatic carbocycles. The number of hydrogen-bond donors (Lipinski definition) is 2. The Hall–Kier alpha value is -2.91. The van der Waals surface area contributed by atoms with Crippen LogP contribution in [0, 0.1) is 13.8 Å². The molecule has 0 spiro atoms. The molecule has 0 atom stereocenters. The number of amides is 2. The molecule has 9 heteroatoms. The molecule has 1 heterocycles. The lowest BCUT2D eigenvalue weighted by Gasteiger charge is -2.32. The maximum atomic E-state index is 12.7. The Morgan fingerprint density at radius 1 is 1.06 bits per heavy atom. The van der Waals surface area contributed by atoms with E-state index in [1.54, 1.807) is 25.3 Å². The summed E-state index contributed by atoms with van der Waals surface area (Å²) in [6, 6.07) is 12.4. The number of rotatable bonds is 9. The summed E-state index contributed by atoms with van der Waals surface area (Å²) >= 11 is 0. The number of nitrogens with zero attached hydrogens (tertiary/aromatic N) is 1. The highest BCUT2D eigenvalue weighted by Gasteiger charge is 2.24. The maximum Gasteiger partial charge on any atom is 0.240 e. The van der Waals surface area contributed by atoms with Gasteiger partial charge in [-0.2, -0.15) is 0 Å². The van der Waals surface area contributed by atoms with Crippen LogP contribution in [0.25, 0.3) is 0 Å². The first kappa shape index (κ1) is 25.7. The third kappa shape index (κ3) is 6.80. The van der Waals surface area contributed by atoms with E-state index in [0.29, 0.717) is 31.7 Å². The minimum atomic E-state index is -3.66. The van der Waals surface area contributed by atoms with E-state index in [9.17, 15) is 18.0 Å². The lowest BCUT2D eigenvalue weighted by molar-refractivity contribution is -0.131. The number of methoxy groups -OCH3 is 1. The summed E-state index contributed by atoms with van der Waals surface area (Å²) in [4.78, 5) is 27.0. The second-order valence-electron chi connectivity index (χ2n) is 8.61. The summed E-state index contributed by atoms with van der Waals surface area (Å²) < 4.78 is 32.7. The summed E-state index contributed by atoms with van der Waals surface area (Å²) in [5.74, 6) is 0.530. The van der Waals surface area contributed by atoms with Gasteiger partial charge in [0.05, 0.1) is 18.4 Å². The smallest absolute Gasteiger partial charge is 0.240 e. The normalized spacial score (nSPS) is 14.6. The van der Waals surface area contributed by atoms with E-state index in [-0.39, 0.29) is 42.1 Å². The van der Waals surface area contributed by atoms with Gasteiger partial charge in [0.2, 0.25) is 21.8 Å². The third-order valence-corrected chi connectivity index (χ3v) is 7.64. The summed E-state index contributed by atoms with van der Waals surface area (Å²) in [5, 5.41) is 2.96. The molecule has 0 aromatic heterocycles. The lowest BCUT2D eigenvalue weighted by atomic mass is 10.0. The number of ether oxygens (including phenoxy) is 1. The zero-order valence-corrected chi connectivity index (χ0v) is 20.8. The Bertz CT molecular complexity index is 1130. The molecule has 3 rings (SSSR count). The van der Waals surface area contributed by atoms with Gasteiger partial charge in [-0.3, -0.25) is 9.59 Å². The summed E-state index contributed by atoms with van der Waals surface area (Å²) in [6.45, 7) is 4.94. The largest absolute Gasteiger partial charge is 0.496 e. The highest BCUT2D eigenvalue weighted by molar-refractivity contribution is 7.89. The molecular weight excluding hydrogens is 454 g/mol. The van der Waals surface area contributed by atoms with Crippen molar-refractivity contribution in [2.45, 2.75) is 50.5 Å². The summed E-state index contributed by atoms with van der Waals surface area (Å²) in [7, 11) is -2.07. The number of aryl methyl sites for hydroxylation is 2. The molecule has 184 valence electrons. The van der Waals surface area contributed by atoms with Crippen molar-refractivity contribution >= 4 is 21.8 Å². The second kappa shape index (κ2) is 11.5. The Balaban J connectivity index is 1.40. The van der Waals surface area contributed by atoms with E-state index in [2.05, 4.69) is 10.0 Å². The first-order chi connectivity index (χ1) is 16.2. The van der Waals surface area contributed by atoms with Crippen LogP contribution in [0.3, 0.4) is 0 Å². The van der Waals surface area contributed by atoms with Gasteiger partial charge < -0.3 is 15.0 Å².